The number of benzene rings is 1. The number of carbonyl (C=O) groups excluding carboxylic acids is 1. The van der Waals surface area contributed by atoms with Gasteiger partial charge in [0, 0.05) is 24.8 Å². The molecule has 0 spiro atoms. The van der Waals surface area contributed by atoms with Crippen LogP contribution in [0.4, 0.5) is 5.69 Å². The van der Waals surface area contributed by atoms with Crippen LogP contribution >= 0.6 is 0 Å². The van der Waals surface area contributed by atoms with E-state index in [1.165, 1.54) is 18.5 Å². The van der Waals surface area contributed by atoms with E-state index in [-0.39, 0.29) is 23.9 Å². The van der Waals surface area contributed by atoms with E-state index >= 15 is 0 Å². The molecule has 8 heteroatoms. The molecule has 1 unspecified atom stereocenters. The zero-order valence-electron chi connectivity index (χ0n) is 14.5. The molecule has 3 aromatic rings. The lowest BCUT2D eigenvalue weighted by Gasteiger charge is -2.18. The Balaban J connectivity index is 1.74. The number of nitrogens with zero attached hydrogens (tertiary/aromatic N) is 5. The van der Waals surface area contributed by atoms with Gasteiger partial charge in [-0.25, -0.2) is 9.97 Å². The second-order valence-electron chi connectivity index (χ2n) is 7.24. The molecule has 0 bridgehead atoms. The Hall–Kier alpha value is -3.16. The molecule has 1 aromatic carbocycles. The number of nitro benzene ring substituents is 1. The predicted molar refractivity (Wildman–Crippen MR) is 96.5 cm³/mol. The summed E-state index contributed by atoms with van der Waals surface area (Å²) in [4.78, 5) is 32.2. The zero-order chi connectivity index (χ0) is 18.5. The van der Waals surface area contributed by atoms with Gasteiger partial charge < -0.3 is 0 Å². The fourth-order valence-corrected chi connectivity index (χ4v) is 4.47. The largest absolute Gasteiger partial charge is 0.298 e. The second-order valence-corrected chi connectivity index (χ2v) is 7.24. The van der Waals surface area contributed by atoms with Gasteiger partial charge in [-0.15, -0.1) is 0 Å². The third-order valence-corrected chi connectivity index (χ3v) is 5.70. The highest BCUT2D eigenvalue weighted by atomic mass is 16.6. The Morgan fingerprint density at radius 3 is 2.81 bits per heavy atom. The molecular formula is C19H17N5O3. The van der Waals surface area contributed by atoms with Crippen molar-refractivity contribution in [2.75, 3.05) is 0 Å². The molecule has 2 aliphatic rings. The molecule has 0 aliphatic heterocycles. The number of carbonyl (C=O) groups is 1. The number of hydrogen-bond acceptors (Lipinski definition) is 6. The third kappa shape index (κ3) is 2.43. The normalized spacial score (nSPS) is 19.7. The monoisotopic (exact) mass is 363 g/mol. The minimum atomic E-state index is -0.559. The van der Waals surface area contributed by atoms with Crippen LogP contribution in [0.15, 0.2) is 30.7 Å². The first-order valence-electron chi connectivity index (χ1n) is 9.11. The Kier molecular flexibility index (Phi) is 3.53. The molecule has 1 saturated carbocycles. The van der Waals surface area contributed by atoms with Gasteiger partial charge in [-0.05, 0) is 24.0 Å². The molecule has 2 aliphatic carbocycles. The van der Waals surface area contributed by atoms with Crippen molar-refractivity contribution in [2.45, 2.75) is 44.1 Å². The molecule has 2 aromatic heterocycles. The van der Waals surface area contributed by atoms with Crippen LogP contribution < -0.4 is 0 Å². The van der Waals surface area contributed by atoms with E-state index in [2.05, 4.69) is 15.1 Å². The highest BCUT2D eigenvalue weighted by molar-refractivity contribution is 5.98. The average Bonchev–Trinajstić information content (AvgIpc) is 3.37. The van der Waals surface area contributed by atoms with Crippen LogP contribution in [0.3, 0.4) is 0 Å². The third-order valence-electron chi connectivity index (χ3n) is 5.70. The van der Waals surface area contributed by atoms with E-state index in [9.17, 15) is 14.9 Å². The number of rotatable bonds is 3. The molecule has 5 rings (SSSR count). The van der Waals surface area contributed by atoms with Crippen molar-refractivity contribution in [1.82, 2.24) is 19.7 Å². The number of aromatic nitrogens is 4. The van der Waals surface area contributed by atoms with Gasteiger partial charge in [-0.3, -0.25) is 19.6 Å². The topological polar surface area (TPSA) is 104 Å². The Morgan fingerprint density at radius 2 is 2.04 bits per heavy atom. The van der Waals surface area contributed by atoms with Gasteiger partial charge in [-0.1, -0.05) is 18.9 Å². The maximum absolute atomic E-state index is 13.0. The molecule has 1 fully saturated rings. The second kappa shape index (κ2) is 5.94. The molecule has 0 radical (unpaired) electrons. The smallest absolute Gasteiger partial charge is 0.269 e. The molecular weight excluding hydrogens is 346 g/mol. The first kappa shape index (κ1) is 16.0. The fourth-order valence-electron chi connectivity index (χ4n) is 4.47. The maximum atomic E-state index is 13.0. The summed E-state index contributed by atoms with van der Waals surface area (Å²) in [5.74, 6) is -0.521. The van der Waals surface area contributed by atoms with Crippen molar-refractivity contribution < 1.29 is 9.72 Å². The van der Waals surface area contributed by atoms with Crippen molar-refractivity contribution in [2.24, 2.45) is 0 Å². The minimum Gasteiger partial charge on any atom is -0.298 e. The molecule has 8 nitrogen and oxygen atoms in total. The van der Waals surface area contributed by atoms with Crippen LogP contribution in [0.5, 0.6) is 0 Å². The predicted octanol–water partition coefficient (Wildman–Crippen LogP) is 3.11. The van der Waals surface area contributed by atoms with Crippen LogP contribution in [0.1, 0.15) is 54.5 Å². The summed E-state index contributed by atoms with van der Waals surface area (Å²) in [5, 5.41) is 16.7. The average molecular weight is 363 g/mol. The van der Waals surface area contributed by atoms with E-state index in [1.54, 1.807) is 12.3 Å². The Morgan fingerprint density at radius 1 is 1.22 bits per heavy atom. The van der Waals surface area contributed by atoms with E-state index in [1.807, 2.05) is 4.68 Å². The van der Waals surface area contributed by atoms with Crippen LogP contribution in [0, 0.1) is 10.1 Å². The lowest BCUT2D eigenvalue weighted by atomic mass is 9.94. The number of Topliss-reactive ketones (excluding diaryl/α,β-unsaturated/α-hetero) is 1. The minimum absolute atomic E-state index is 0.000868. The Bertz CT molecular complexity index is 1080. The molecule has 2 heterocycles. The summed E-state index contributed by atoms with van der Waals surface area (Å²) in [7, 11) is 0. The lowest BCUT2D eigenvalue weighted by molar-refractivity contribution is -0.384. The molecule has 27 heavy (non-hydrogen) atoms. The number of ketones is 1. The van der Waals surface area contributed by atoms with Gasteiger partial charge in [0.1, 0.15) is 6.33 Å². The SMILES string of the molecule is O=C1Cc2ccc([N+](=O)[O-])cc2C1c1c2cncnc2nn1C1CCCC1. The molecule has 136 valence electrons. The van der Waals surface area contributed by atoms with Crippen molar-refractivity contribution in [1.29, 1.82) is 0 Å². The number of nitro groups is 1. The first-order valence-corrected chi connectivity index (χ1v) is 9.11. The highest BCUT2D eigenvalue weighted by Crippen LogP contribution is 2.42. The van der Waals surface area contributed by atoms with Crippen molar-refractivity contribution in [3.63, 3.8) is 0 Å². The molecule has 0 saturated heterocycles. The van der Waals surface area contributed by atoms with Gasteiger partial charge in [0.2, 0.25) is 0 Å². The van der Waals surface area contributed by atoms with Gasteiger partial charge >= 0.3 is 0 Å². The summed E-state index contributed by atoms with van der Waals surface area (Å²) < 4.78 is 1.95. The highest BCUT2D eigenvalue weighted by Gasteiger charge is 2.38. The Labute approximate surface area is 154 Å². The van der Waals surface area contributed by atoms with Gasteiger partial charge in [-0.2, -0.15) is 5.10 Å². The van der Waals surface area contributed by atoms with Crippen molar-refractivity contribution >= 4 is 22.5 Å². The van der Waals surface area contributed by atoms with E-state index in [0.717, 1.165) is 42.3 Å². The first-order chi connectivity index (χ1) is 13.1. The van der Waals surface area contributed by atoms with E-state index in [4.69, 9.17) is 0 Å². The van der Waals surface area contributed by atoms with Gasteiger partial charge in [0.05, 0.1) is 28.0 Å². The number of fused-ring (bicyclic) bond motifs is 2. The fraction of sp³-hybridized carbons (Fsp3) is 0.368. The van der Waals surface area contributed by atoms with Crippen LogP contribution in [0.2, 0.25) is 0 Å². The van der Waals surface area contributed by atoms with Crippen molar-refractivity contribution in [3.05, 3.63) is 57.7 Å². The summed E-state index contributed by atoms with van der Waals surface area (Å²) in [6, 6.07) is 4.92. The standard InChI is InChI=1S/C19H17N5O3/c25-16-7-11-5-6-13(24(26)27)8-14(11)17(16)18-15-9-20-10-21-19(15)22-23(18)12-3-1-2-4-12/h5-6,8-10,12,17H,1-4,7H2. The molecule has 0 N–H and O–H groups in total. The number of non-ortho nitro benzene ring substituents is 1. The van der Waals surface area contributed by atoms with E-state index < -0.39 is 10.8 Å². The van der Waals surface area contributed by atoms with Crippen molar-refractivity contribution in [3.8, 4) is 0 Å². The van der Waals surface area contributed by atoms with Crippen LogP contribution in [-0.4, -0.2) is 30.5 Å². The molecule has 0 amide bonds. The zero-order valence-corrected chi connectivity index (χ0v) is 14.5. The maximum Gasteiger partial charge on any atom is 0.269 e. The molecule has 1 atom stereocenters. The lowest BCUT2D eigenvalue weighted by Crippen LogP contribution is -2.17. The van der Waals surface area contributed by atoms with Crippen LogP contribution in [-0.2, 0) is 11.2 Å². The van der Waals surface area contributed by atoms with Crippen LogP contribution in [0.25, 0.3) is 11.0 Å². The summed E-state index contributed by atoms with van der Waals surface area (Å²) in [5.41, 5.74) is 2.90. The quantitative estimate of drug-likeness (QED) is 0.523. The summed E-state index contributed by atoms with van der Waals surface area (Å²) in [6.07, 6.45) is 7.71. The van der Waals surface area contributed by atoms with Gasteiger partial charge in [0.15, 0.2) is 11.4 Å². The van der Waals surface area contributed by atoms with Gasteiger partial charge in [0.25, 0.3) is 5.69 Å². The summed E-state index contributed by atoms with van der Waals surface area (Å²) in [6.45, 7) is 0. The number of hydrogen-bond donors (Lipinski definition) is 0. The van der Waals surface area contributed by atoms with E-state index in [0.29, 0.717) is 11.2 Å². The summed E-state index contributed by atoms with van der Waals surface area (Å²) >= 11 is 0.